The van der Waals surface area contributed by atoms with Gasteiger partial charge in [-0.15, -0.1) is 0 Å². The lowest BCUT2D eigenvalue weighted by atomic mass is 10.4. The van der Waals surface area contributed by atoms with Gasteiger partial charge in [-0.2, -0.15) is 5.10 Å². The largest absolute Gasteiger partial charge is 0.504 e. The molecule has 0 spiro atoms. The predicted octanol–water partition coefficient (Wildman–Crippen LogP) is 1.99. The summed E-state index contributed by atoms with van der Waals surface area (Å²) in [6, 6.07) is 3.66. The van der Waals surface area contributed by atoms with Crippen molar-refractivity contribution in [1.29, 1.82) is 0 Å². The van der Waals surface area contributed by atoms with E-state index in [9.17, 15) is 5.11 Å². The van der Waals surface area contributed by atoms with Gasteiger partial charge < -0.3 is 9.52 Å². The monoisotopic (exact) mass is 242 g/mol. The van der Waals surface area contributed by atoms with Gasteiger partial charge in [0.1, 0.15) is 16.9 Å². The maximum absolute atomic E-state index is 9.21. The third-order valence-corrected chi connectivity index (χ3v) is 2.46. The van der Waals surface area contributed by atoms with Gasteiger partial charge in [-0.3, -0.25) is 0 Å². The van der Waals surface area contributed by atoms with Crippen molar-refractivity contribution in [3.05, 3.63) is 35.0 Å². The normalized spacial score (nSPS) is 10.5. The van der Waals surface area contributed by atoms with E-state index in [4.69, 9.17) is 4.42 Å². The molecule has 0 saturated heterocycles. The molecule has 4 nitrogen and oxygen atoms in total. The van der Waals surface area contributed by atoms with Crippen LogP contribution in [0.3, 0.4) is 0 Å². The molecule has 0 radical (unpaired) electrons. The Bertz CT molecular complexity index is 394. The average molecular weight is 243 g/mol. The molecule has 1 N–H and O–H groups in total. The molecule has 0 aliphatic carbocycles. The van der Waals surface area contributed by atoms with Gasteiger partial charge in [-0.05, 0) is 28.1 Å². The summed E-state index contributed by atoms with van der Waals surface area (Å²) in [5.41, 5.74) is 0. The zero-order valence-corrected chi connectivity index (χ0v) is 8.23. The number of rotatable bonds is 2. The van der Waals surface area contributed by atoms with Crippen molar-refractivity contribution in [3.63, 3.8) is 0 Å². The van der Waals surface area contributed by atoms with Crippen molar-refractivity contribution < 1.29 is 9.52 Å². The van der Waals surface area contributed by atoms with E-state index in [1.807, 2.05) is 12.1 Å². The van der Waals surface area contributed by atoms with Crippen LogP contribution < -0.4 is 0 Å². The Balaban J connectivity index is 2.24. The quantitative estimate of drug-likeness (QED) is 0.877. The van der Waals surface area contributed by atoms with Crippen molar-refractivity contribution in [3.8, 4) is 5.75 Å². The first-order valence-corrected chi connectivity index (χ1v) is 4.49. The number of furan rings is 1. The molecular formula is C8H7BrN2O2. The second-order valence-electron chi connectivity index (χ2n) is 2.56. The second-order valence-corrected chi connectivity index (χ2v) is 3.31. The van der Waals surface area contributed by atoms with Crippen LogP contribution >= 0.6 is 15.9 Å². The van der Waals surface area contributed by atoms with Gasteiger partial charge in [-0.1, -0.05) is 0 Å². The lowest BCUT2D eigenvalue weighted by molar-refractivity contribution is 0.461. The highest BCUT2D eigenvalue weighted by molar-refractivity contribution is 9.10. The van der Waals surface area contributed by atoms with E-state index < -0.39 is 0 Å². The zero-order valence-electron chi connectivity index (χ0n) is 6.64. The summed E-state index contributed by atoms with van der Waals surface area (Å²) in [6.07, 6.45) is 2.99. The van der Waals surface area contributed by atoms with Gasteiger partial charge in [-0.25, -0.2) is 4.68 Å². The Morgan fingerprint density at radius 1 is 1.62 bits per heavy atom. The third-order valence-electron chi connectivity index (χ3n) is 1.64. The molecule has 2 rings (SSSR count). The molecule has 2 aromatic heterocycles. The van der Waals surface area contributed by atoms with Gasteiger partial charge in [0.05, 0.1) is 12.5 Å². The van der Waals surface area contributed by atoms with Crippen LogP contribution in [-0.2, 0) is 6.54 Å². The highest BCUT2D eigenvalue weighted by atomic mass is 79.9. The highest BCUT2D eigenvalue weighted by Crippen LogP contribution is 2.22. The Hall–Kier alpha value is -1.23. The summed E-state index contributed by atoms with van der Waals surface area (Å²) >= 11 is 3.20. The molecule has 2 heterocycles. The van der Waals surface area contributed by atoms with E-state index in [-0.39, 0.29) is 5.75 Å². The van der Waals surface area contributed by atoms with E-state index in [0.717, 1.165) is 5.76 Å². The molecule has 68 valence electrons. The maximum Gasteiger partial charge on any atom is 0.168 e. The molecular weight excluding hydrogens is 236 g/mol. The molecule has 0 fully saturated rings. The standard InChI is InChI=1S/C8H7BrN2O2/c9-8-7(12)4-10-11(8)5-6-2-1-3-13-6/h1-4,12H,5H2. The van der Waals surface area contributed by atoms with Crippen LogP contribution in [0.15, 0.2) is 33.6 Å². The van der Waals surface area contributed by atoms with Crippen LogP contribution in [0.4, 0.5) is 0 Å². The van der Waals surface area contributed by atoms with Crippen LogP contribution in [0, 0.1) is 0 Å². The zero-order chi connectivity index (χ0) is 9.26. The van der Waals surface area contributed by atoms with Gasteiger partial charge in [0, 0.05) is 0 Å². The lowest BCUT2D eigenvalue weighted by Crippen LogP contribution is -2.00. The molecule has 5 heteroatoms. The van der Waals surface area contributed by atoms with Crippen LogP contribution in [0.5, 0.6) is 5.75 Å². The SMILES string of the molecule is Oc1cnn(Cc2ccco2)c1Br. The summed E-state index contributed by atoms with van der Waals surface area (Å²) in [4.78, 5) is 0. The number of aromatic nitrogens is 2. The van der Waals surface area contributed by atoms with Crippen molar-refractivity contribution in [2.24, 2.45) is 0 Å². The summed E-state index contributed by atoms with van der Waals surface area (Å²) in [6.45, 7) is 0.508. The molecule has 0 bridgehead atoms. The summed E-state index contributed by atoms with van der Waals surface area (Å²) < 4.78 is 7.30. The van der Waals surface area contributed by atoms with Gasteiger partial charge in [0.2, 0.25) is 0 Å². The lowest BCUT2D eigenvalue weighted by Gasteiger charge is -1.98. The molecule has 0 unspecified atom stereocenters. The van der Waals surface area contributed by atoms with Crippen LogP contribution in [0.2, 0.25) is 0 Å². The molecule has 0 saturated carbocycles. The molecule has 2 aromatic rings. The summed E-state index contributed by atoms with van der Waals surface area (Å²) in [7, 11) is 0. The number of halogens is 1. The minimum Gasteiger partial charge on any atom is -0.504 e. The Kier molecular flexibility index (Phi) is 2.10. The minimum absolute atomic E-state index is 0.131. The fourth-order valence-electron chi connectivity index (χ4n) is 1.02. The first kappa shape index (κ1) is 8.37. The Morgan fingerprint density at radius 2 is 2.46 bits per heavy atom. The molecule has 0 atom stereocenters. The first-order chi connectivity index (χ1) is 6.27. The van der Waals surface area contributed by atoms with Crippen LogP contribution in [0.25, 0.3) is 0 Å². The number of hydrogen-bond donors (Lipinski definition) is 1. The topological polar surface area (TPSA) is 51.2 Å². The Labute approximate surface area is 82.9 Å². The van der Waals surface area contributed by atoms with Crippen molar-refractivity contribution in [2.75, 3.05) is 0 Å². The van der Waals surface area contributed by atoms with Crippen LogP contribution in [-0.4, -0.2) is 14.9 Å². The fourth-order valence-corrected chi connectivity index (χ4v) is 1.34. The fraction of sp³-hybridized carbons (Fsp3) is 0.125. The van der Waals surface area contributed by atoms with E-state index in [1.54, 1.807) is 10.9 Å². The summed E-state index contributed by atoms with van der Waals surface area (Å²) in [5.74, 6) is 0.926. The summed E-state index contributed by atoms with van der Waals surface area (Å²) in [5, 5.41) is 13.2. The molecule has 0 amide bonds. The second kappa shape index (κ2) is 3.26. The van der Waals surface area contributed by atoms with Crippen LogP contribution in [0.1, 0.15) is 5.76 Å². The number of nitrogens with zero attached hydrogens (tertiary/aromatic N) is 2. The highest BCUT2D eigenvalue weighted by Gasteiger charge is 2.07. The van der Waals surface area contributed by atoms with Gasteiger partial charge in [0.15, 0.2) is 5.75 Å². The first-order valence-electron chi connectivity index (χ1n) is 3.70. The van der Waals surface area contributed by atoms with E-state index in [0.29, 0.717) is 11.1 Å². The molecule has 0 aromatic carbocycles. The predicted molar refractivity (Wildman–Crippen MR) is 49.4 cm³/mol. The molecule has 0 aliphatic heterocycles. The van der Waals surface area contributed by atoms with E-state index in [2.05, 4.69) is 21.0 Å². The van der Waals surface area contributed by atoms with Crippen molar-refractivity contribution >= 4 is 15.9 Å². The molecule has 0 aliphatic rings. The van der Waals surface area contributed by atoms with Gasteiger partial charge >= 0.3 is 0 Å². The maximum atomic E-state index is 9.21. The smallest absolute Gasteiger partial charge is 0.168 e. The van der Waals surface area contributed by atoms with Crippen molar-refractivity contribution in [2.45, 2.75) is 6.54 Å². The van der Waals surface area contributed by atoms with E-state index >= 15 is 0 Å². The Morgan fingerprint density at radius 3 is 3.00 bits per heavy atom. The third kappa shape index (κ3) is 1.60. The molecule has 13 heavy (non-hydrogen) atoms. The van der Waals surface area contributed by atoms with Crippen molar-refractivity contribution in [1.82, 2.24) is 9.78 Å². The number of aromatic hydroxyl groups is 1. The average Bonchev–Trinajstić information content (AvgIpc) is 2.71. The van der Waals surface area contributed by atoms with E-state index in [1.165, 1.54) is 6.20 Å². The minimum atomic E-state index is 0.131. The number of hydrogen-bond acceptors (Lipinski definition) is 3. The van der Waals surface area contributed by atoms with Gasteiger partial charge in [0.25, 0.3) is 0 Å².